The molecule has 0 saturated heterocycles. The molecule has 6 heteroatoms. The molecular formula is C18H27N3O3. The van der Waals surface area contributed by atoms with Crippen molar-refractivity contribution >= 4 is 17.7 Å². The average molecular weight is 333 g/mol. The van der Waals surface area contributed by atoms with Gasteiger partial charge in [-0.15, -0.1) is 0 Å². The zero-order valence-corrected chi connectivity index (χ0v) is 15.0. The first kappa shape index (κ1) is 19.7. The van der Waals surface area contributed by atoms with E-state index in [4.69, 9.17) is 0 Å². The zero-order chi connectivity index (χ0) is 18.3. The molecule has 0 heterocycles. The minimum Gasteiger partial charge on any atom is -0.350 e. The molecule has 0 radical (unpaired) electrons. The second-order valence-electron chi connectivity index (χ2n) is 6.94. The number of hydrogen-bond donors (Lipinski definition) is 3. The van der Waals surface area contributed by atoms with Gasteiger partial charge in [0.2, 0.25) is 17.7 Å². The van der Waals surface area contributed by atoms with E-state index in [0.29, 0.717) is 0 Å². The van der Waals surface area contributed by atoms with E-state index in [9.17, 15) is 14.4 Å². The van der Waals surface area contributed by atoms with E-state index in [1.54, 1.807) is 0 Å². The molecule has 24 heavy (non-hydrogen) atoms. The molecule has 0 aliphatic heterocycles. The largest absolute Gasteiger partial charge is 0.350 e. The molecule has 132 valence electrons. The van der Waals surface area contributed by atoms with Crippen molar-refractivity contribution in [2.45, 2.75) is 52.6 Å². The number of carbonyl (C=O) groups excluding carboxylic acids is 3. The fourth-order valence-corrected chi connectivity index (χ4v) is 2.20. The normalized spacial score (nSPS) is 12.2. The van der Waals surface area contributed by atoms with Gasteiger partial charge in [0.15, 0.2) is 0 Å². The van der Waals surface area contributed by atoms with Crippen LogP contribution in [-0.4, -0.2) is 29.8 Å². The van der Waals surface area contributed by atoms with Gasteiger partial charge in [-0.25, -0.2) is 0 Å². The summed E-state index contributed by atoms with van der Waals surface area (Å²) in [5.74, 6) is -0.750. The van der Waals surface area contributed by atoms with Crippen molar-refractivity contribution in [1.29, 1.82) is 0 Å². The molecule has 0 bridgehead atoms. The van der Waals surface area contributed by atoms with Crippen molar-refractivity contribution < 1.29 is 14.4 Å². The number of benzene rings is 1. The standard InChI is InChI=1S/C18H27N3O3/c1-12-6-8-14(9-7-12)15(20-13(2)22)10-16(23)19-11-17(24)21-18(3,4)5/h6-9,15H,10-11H2,1-5H3,(H,19,23)(H,20,22)(H,21,24). The second-order valence-corrected chi connectivity index (χ2v) is 6.94. The second kappa shape index (κ2) is 8.47. The first-order valence-electron chi connectivity index (χ1n) is 7.98. The van der Waals surface area contributed by atoms with E-state index in [-0.39, 0.29) is 36.2 Å². The van der Waals surface area contributed by atoms with Gasteiger partial charge in [0.25, 0.3) is 0 Å². The molecule has 3 amide bonds. The van der Waals surface area contributed by atoms with Crippen molar-refractivity contribution in [1.82, 2.24) is 16.0 Å². The first-order chi connectivity index (χ1) is 11.1. The predicted octanol–water partition coefficient (Wildman–Crippen LogP) is 1.59. The Morgan fingerprint density at radius 3 is 2.12 bits per heavy atom. The summed E-state index contributed by atoms with van der Waals surface area (Å²) >= 11 is 0. The number of nitrogens with one attached hydrogen (secondary N) is 3. The van der Waals surface area contributed by atoms with E-state index < -0.39 is 6.04 Å². The van der Waals surface area contributed by atoms with Crippen LogP contribution in [0, 0.1) is 6.92 Å². The molecule has 0 aliphatic carbocycles. The van der Waals surface area contributed by atoms with Crippen molar-refractivity contribution in [3.63, 3.8) is 0 Å². The molecule has 1 rings (SSSR count). The lowest BCUT2D eigenvalue weighted by Crippen LogP contribution is -2.46. The third-order valence-electron chi connectivity index (χ3n) is 3.21. The van der Waals surface area contributed by atoms with Crippen LogP contribution >= 0.6 is 0 Å². The van der Waals surface area contributed by atoms with E-state index in [0.717, 1.165) is 11.1 Å². The maximum Gasteiger partial charge on any atom is 0.239 e. The molecular weight excluding hydrogens is 306 g/mol. The molecule has 6 nitrogen and oxygen atoms in total. The number of carbonyl (C=O) groups is 3. The van der Waals surface area contributed by atoms with Gasteiger partial charge in [-0.1, -0.05) is 29.8 Å². The molecule has 1 aromatic rings. The Kier molecular flexibility index (Phi) is 6.95. The summed E-state index contributed by atoms with van der Waals surface area (Å²) in [6.45, 7) is 8.91. The summed E-state index contributed by atoms with van der Waals surface area (Å²) in [6.07, 6.45) is 0.0748. The molecule has 0 saturated carbocycles. The van der Waals surface area contributed by atoms with Gasteiger partial charge in [0.05, 0.1) is 19.0 Å². The van der Waals surface area contributed by atoms with E-state index in [1.807, 2.05) is 52.0 Å². The third-order valence-corrected chi connectivity index (χ3v) is 3.21. The van der Waals surface area contributed by atoms with Crippen LogP contribution in [0.3, 0.4) is 0 Å². The highest BCUT2D eigenvalue weighted by Gasteiger charge is 2.18. The number of hydrogen-bond acceptors (Lipinski definition) is 3. The lowest BCUT2D eigenvalue weighted by atomic mass is 10.0. The molecule has 0 aliphatic rings. The van der Waals surface area contributed by atoms with Crippen LogP contribution in [-0.2, 0) is 14.4 Å². The van der Waals surface area contributed by atoms with Crippen molar-refractivity contribution in [2.24, 2.45) is 0 Å². The summed E-state index contributed by atoms with van der Waals surface area (Å²) in [5, 5.41) is 8.13. The Morgan fingerprint density at radius 1 is 1.04 bits per heavy atom. The Hall–Kier alpha value is -2.37. The van der Waals surface area contributed by atoms with Crippen LogP contribution in [0.4, 0.5) is 0 Å². The molecule has 3 N–H and O–H groups in total. The van der Waals surface area contributed by atoms with Gasteiger partial charge in [-0.05, 0) is 33.3 Å². The molecule has 1 aromatic carbocycles. The lowest BCUT2D eigenvalue weighted by molar-refractivity contribution is -0.127. The van der Waals surface area contributed by atoms with Crippen molar-refractivity contribution in [2.75, 3.05) is 6.54 Å². The first-order valence-corrected chi connectivity index (χ1v) is 7.98. The van der Waals surface area contributed by atoms with Gasteiger partial charge in [-0.3, -0.25) is 14.4 Å². The Morgan fingerprint density at radius 2 is 1.62 bits per heavy atom. The summed E-state index contributed by atoms with van der Waals surface area (Å²) < 4.78 is 0. The molecule has 0 aromatic heterocycles. The number of amides is 3. The Labute approximate surface area is 143 Å². The van der Waals surface area contributed by atoms with Gasteiger partial charge in [0.1, 0.15) is 0 Å². The van der Waals surface area contributed by atoms with Gasteiger partial charge < -0.3 is 16.0 Å². The molecule has 1 unspecified atom stereocenters. The fourth-order valence-electron chi connectivity index (χ4n) is 2.20. The summed E-state index contributed by atoms with van der Waals surface area (Å²) in [6, 6.07) is 7.21. The summed E-state index contributed by atoms with van der Waals surface area (Å²) in [7, 11) is 0. The van der Waals surface area contributed by atoms with Crippen LogP contribution in [0.15, 0.2) is 24.3 Å². The lowest BCUT2D eigenvalue weighted by Gasteiger charge is -2.21. The maximum atomic E-state index is 12.1. The highest BCUT2D eigenvalue weighted by molar-refractivity contribution is 5.85. The minimum atomic E-state index is -0.422. The minimum absolute atomic E-state index is 0.0748. The predicted molar refractivity (Wildman–Crippen MR) is 93.3 cm³/mol. The van der Waals surface area contributed by atoms with E-state index in [2.05, 4.69) is 16.0 Å². The number of rotatable bonds is 6. The summed E-state index contributed by atoms with van der Waals surface area (Å²) in [4.78, 5) is 35.2. The maximum absolute atomic E-state index is 12.1. The zero-order valence-electron chi connectivity index (χ0n) is 15.0. The Bertz CT molecular complexity index is 589. The monoisotopic (exact) mass is 333 g/mol. The van der Waals surface area contributed by atoms with Gasteiger partial charge in [0, 0.05) is 12.5 Å². The van der Waals surface area contributed by atoms with Crippen LogP contribution < -0.4 is 16.0 Å². The van der Waals surface area contributed by atoms with E-state index >= 15 is 0 Å². The van der Waals surface area contributed by atoms with Crippen LogP contribution in [0.1, 0.15) is 51.3 Å². The van der Waals surface area contributed by atoms with Gasteiger partial charge in [-0.2, -0.15) is 0 Å². The fraction of sp³-hybridized carbons (Fsp3) is 0.500. The molecule has 0 fully saturated rings. The number of aryl methyl sites for hydroxylation is 1. The van der Waals surface area contributed by atoms with Crippen LogP contribution in [0.5, 0.6) is 0 Å². The topological polar surface area (TPSA) is 87.3 Å². The summed E-state index contributed by atoms with van der Waals surface area (Å²) in [5.41, 5.74) is 1.61. The molecule has 0 spiro atoms. The van der Waals surface area contributed by atoms with Crippen molar-refractivity contribution in [3.8, 4) is 0 Å². The third kappa shape index (κ3) is 7.76. The van der Waals surface area contributed by atoms with Crippen LogP contribution in [0.25, 0.3) is 0 Å². The smallest absolute Gasteiger partial charge is 0.239 e. The average Bonchev–Trinajstić information content (AvgIpc) is 2.43. The van der Waals surface area contributed by atoms with E-state index in [1.165, 1.54) is 6.92 Å². The molecule has 1 atom stereocenters. The quantitative estimate of drug-likeness (QED) is 0.739. The Balaban J connectivity index is 2.63. The highest BCUT2D eigenvalue weighted by atomic mass is 16.2. The highest BCUT2D eigenvalue weighted by Crippen LogP contribution is 2.17. The van der Waals surface area contributed by atoms with Crippen molar-refractivity contribution in [3.05, 3.63) is 35.4 Å². The SMILES string of the molecule is CC(=O)NC(CC(=O)NCC(=O)NC(C)(C)C)c1ccc(C)cc1. The van der Waals surface area contributed by atoms with Crippen LogP contribution in [0.2, 0.25) is 0 Å². The van der Waals surface area contributed by atoms with Gasteiger partial charge >= 0.3 is 0 Å².